The third kappa shape index (κ3) is 6.33. The molecule has 1 aliphatic carbocycles. The monoisotopic (exact) mass is 523 g/mol. The molecule has 5 rings (SSSR count). The van der Waals surface area contributed by atoms with E-state index in [9.17, 15) is 13.2 Å². The summed E-state index contributed by atoms with van der Waals surface area (Å²) in [4.78, 5) is 23.7. The van der Waals surface area contributed by atoms with Crippen LogP contribution < -0.4 is 5.73 Å². The summed E-state index contributed by atoms with van der Waals surface area (Å²) < 4.78 is 33.9. The smallest absolute Gasteiger partial charge is 0.475 e. The number of hydrogen-bond donors (Lipinski definition) is 4. The molecular weight excluding hydrogens is 499 g/mol. The highest BCUT2D eigenvalue weighted by atomic mass is 32.2. The lowest BCUT2D eigenvalue weighted by Gasteiger charge is -2.28. The van der Waals surface area contributed by atoms with Gasteiger partial charge in [0.2, 0.25) is 5.95 Å². The lowest BCUT2D eigenvalue weighted by atomic mass is 9.84. The van der Waals surface area contributed by atoms with Crippen molar-refractivity contribution in [1.82, 2.24) is 39.9 Å². The second-order valence-electron chi connectivity index (χ2n) is 8.30. The third-order valence-electron chi connectivity index (χ3n) is 5.91. The molecule has 4 aromatic rings. The van der Waals surface area contributed by atoms with Crippen molar-refractivity contribution in [2.24, 2.45) is 5.92 Å². The number of carboxylic acid groups (broad SMARTS) is 1. The molecule has 0 amide bonds. The Morgan fingerprint density at radius 1 is 1.22 bits per heavy atom. The van der Waals surface area contributed by atoms with Gasteiger partial charge >= 0.3 is 12.1 Å². The van der Waals surface area contributed by atoms with E-state index in [0.29, 0.717) is 12.0 Å². The number of anilines is 1. The zero-order valence-corrected chi connectivity index (χ0v) is 19.8. The number of alkyl halides is 3. The van der Waals surface area contributed by atoms with Gasteiger partial charge in [-0.05, 0) is 44.1 Å². The summed E-state index contributed by atoms with van der Waals surface area (Å²) >= 11 is 1.69. The first-order chi connectivity index (χ1) is 17.2. The minimum Gasteiger partial charge on any atom is -0.475 e. The number of nitrogens with zero attached hydrogens (tertiary/aromatic N) is 6. The van der Waals surface area contributed by atoms with E-state index in [4.69, 9.17) is 15.6 Å². The first-order valence-electron chi connectivity index (χ1n) is 11.1. The van der Waals surface area contributed by atoms with Crippen LogP contribution in [0, 0.1) is 5.92 Å². The Morgan fingerprint density at radius 3 is 2.64 bits per heavy atom. The van der Waals surface area contributed by atoms with Crippen LogP contribution in [0.1, 0.15) is 38.1 Å². The van der Waals surface area contributed by atoms with Crippen LogP contribution in [-0.4, -0.2) is 62.9 Å². The summed E-state index contributed by atoms with van der Waals surface area (Å²) in [5.74, 6) is -0.579. The summed E-state index contributed by atoms with van der Waals surface area (Å²) in [5, 5.41) is 21.4. The van der Waals surface area contributed by atoms with Crippen molar-refractivity contribution < 1.29 is 23.1 Å². The number of aromatic amines is 2. The zero-order valence-electron chi connectivity index (χ0n) is 18.9. The maximum absolute atomic E-state index is 10.6. The molecule has 1 saturated carbocycles. The molecular formula is C21H24F3N9O2S. The van der Waals surface area contributed by atoms with E-state index in [0.717, 1.165) is 52.0 Å². The highest BCUT2D eigenvalue weighted by Crippen LogP contribution is 2.35. The molecule has 0 atom stereocenters. The highest BCUT2D eigenvalue weighted by Gasteiger charge is 2.38. The van der Waals surface area contributed by atoms with Gasteiger partial charge in [-0.15, -0.1) is 10.2 Å². The van der Waals surface area contributed by atoms with Gasteiger partial charge in [0.25, 0.3) is 0 Å². The van der Waals surface area contributed by atoms with E-state index >= 15 is 0 Å². The van der Waals surface area contributed by atoms with Gasteiger partial charge in [-0.1, -0.05) is 11.8 Å². The fraction of sp³-hybridized carbons (Fsp3) is 0.429. The van der Waals surface area contributed by atoms with Crippen molar-refractivity contribution >= 4 is 34.7 Å². The summed E-state index contributed by atoms with van der Waals surface area (Å²) in [6.07, 6.45) is 8.43. The fourth-order valence-corrected chi connectivity index (χ4v) is 5.03. The molecule has 192 valence electrons. The van der Waals surface area contributed by atoms with E-state index in [2.05, 4.69) is 46.1 Å². The molecule has 0 spiro atoms. The van der Waals surface area contributed by atoms with Crippen LogP contribution in [-0.2, 0) is 4.79 Å². The number of thioether (sulfide) groups is 1. The molecule has 1 fully saturated rings. The van der Waals surface area contributed by atoms with Crippen LogP contribution in [0.5, 0.6) is 0 Å². The number of aliphatic carboxylic acids is 1. The average Bonchev–Trinajstić information content (AvgIpc) is 3.60. The third-order valence-corrected chi connectivity index (χ3v) is 6.81. The van der Waals surface area contributed by atoms with Gasteiger partial charge in [-0.3, -0.25) is 4.68 Å². The topological polar surface area (TPSA) is 164 Å². The molecule has 11 nitrogen and oxygen atoms in total. The second-order valence-corrected chi connectivity index (χ2v) is 9.38. The van der Waals surface area contributed by atoms with Gasteiger partial charge in [-0.2, -0.15) is 18.3 Å². The number of rotatable bonds is 6. The largest absolute Gasteiger partial charge is 0.490 e. The maximum Gasteiger partial charge on any atom is 0.490 e. The number of fused-ring (bicyclic) bond motifs is 1. The standard InChI is InChI=1S/C19H23N9S.C2HF3O2/c20-18-25-19(27-26-18)29-8-6-12-1-3-14(4-2-12)28-10-13(9-24-28)16-15-5-7-21-17(15)23-11-22-16;3-2(4,5)1(6)7/h5,7,9-12,14H,1-4,6,8H2,(H,21,22,23)(H3,20,25,26,27);(H,6,7)/t12-,14+;. The number of H-pyrrole nitrogens is 2. The molecule has 4 aromatic heterocycles. The number of carbonyl (C=O) groups is 1. The van der Waals surface area contributed by atoms with E-state index in [1.807, 2.05) is 18.5 Å². The molecule has 0 aromatic carbocycles. The van der Waals surface area contributed by atoms with E-state index < -0.39 is 12.1 Å². The Balaban J connectivity index is 0.000000384. The van der Waals surface area contributed by atoms with Crippen LogP contribution in [0.4, 0.5) is 19.1 Å². The van der Waals surface area contributed by atoms with Crippen molar-refractivity contribution in [3.05, 3.63) is 31.0 Å². The van der Waals surface area contributed by atoms with Crippen molar-refractivity contribution in [2.75, 3.05) is 11.5 Å². The van der Waals surface area contributed by atoms with Gasteiger partial charge in [0.05, 0.1) is 17.9 Å². The minimum absolute atomic E-state index is 0.380. The number of hydrogen-bond acceptors (Lipinski definition) is 8. The normalized spacial score (nSPS) is 18.1. The molecule has 1 aliphatic rings. The average molecular weight is 524 g/mol. The number of carboxylic acids is 1. The van der Waals surface area contributed by atoms with E-state index in [-0.39, 0.29) is 0 Å². The minimum atomic E-state index is -5.08. The fourth-order valence-electron chi connectivity index (χ4n) is 4.11. The number of aromatic nitrogens is 8. The zero-order chi connectivity index (χ0) is 25.7. The molecule has 0 radical (unpaired) electrons. The van der Waals surface area contributed by atoms with Gasteiger partial charge in [-0.25, -0.2) is 14.8 Å². The first kappa shape index (κ1) is 25.5. The Kier molecular flexibility index (Phi) is 7.76. The quantitative estimate of drug-likeness (QED) is 0.273. The molecule has 36 heavy (non-hydrogen) atoms. The highest BCUT2D eigenvalue weighted by molar-refractivity contribution is 7.99. The van der Waals surface area contributed by atoms with Gasteiger partial charge in [0, 0.05) is 29.1 Å². The van der Waals surface area contributed by atoms with Crippen molar-refractivity contribution in [1.29, 1.82) is 0 Å². The Labute approximate surface area is 207 Å². The second kappa shape index (κ2) is 11.0. The first-order valence-corrected chi connectivity index (χ1v) is 12.1. The number of nitrogens with two attached hydrogens (primary N) is 1. The summed E-state index contributed by atoms with van der Waals surface area (Å²) in [5.41, 5.74) is 8.40. The molecule has 0 aliphatic heterocycles. The maximum atomic E-state index is 10.6. The van der Waals surface area contributed by atoms with Gasteiger partial charge in [0.1, 0.15) is 12.0 Å². The number of nitrogen functional groups attached to an aromatic ring is 1. The van der Waals surface area contributed by atoms with E-state index in [1.54, 1.807) is 18.1 Å². The lowest BCUT2D eigenvalue weighted by molar-refractivity contribution is -0.192. The van der Waals surface area contributed by atoms with Crippen LogP contribution in [0.2, 0.25) is 0 Å². The summed E-state index contributed by atoms with van der Waals surface area (Å²) in [6, 6.07) is 2.48. The van der Waals surface area contributed by atoms with Crippen LogP contribution in [0.3, 0.4) is 0 Å². The van der Waals surface area contributed by atoms with Gasteiger partial charge in [0.15, 0.2) is 5.16 Å². The summed E-state index contributed by atoms with van der Waals surface area (Å²) in [6.45, 7) is 0. The summed E-state index contributed by atoms with van der Waals surface area (Å²) in [7, 11) is 0. The van der Waals surface area contributed by atoms with Crippen molar-refractivity contribution in [3.63, 3.8) is 0 Å². The number of nitrogens with one attached hydrogen (secondary N) is 2. The molecule has 0 bridgehead atoms. The van der Waals surface area contributed by atoms with Crippen molar-refractivity contribution in [3.8, 4) is 11.3 Å². The predicted molar refractivity (Wildman–Crippen MR) is 126 cm³/mol. The molecule has 0 saturated heterocycles. The molecule has 5 N–H and O–H groups in total. The Bertz CT molecular complexity index is 1300. The Morgan fingerprint density at radius 2 is 1.97 bits per heavy atom. The SMILES string of the molecule is Nc1nnc(SCC[C@H]2CC[C@@H](n3cc(-c4ncnc5[nH]ccc45)cn3)CC2)[nH]1.O=C(O)C(F)(F)F. The molecule has 15 heteroatoms. The lowest BCUT2D eigenvalue weighted by Crippen LogP contribution is -2.21. The van der Waals surface area contributed by atoms with Crippen LogP contribution >= 0.6 is 11.8 Å². The van der Waals surface area contributed by atoms with Crippen LogP contribution in [0.15, 0.2) is 36.1 Å². The van der Waals surface area contributed by atoms with Crippen LogP contribution in [0.25, 0.3) is 22.3 Å². The Hall–Kier alpha value is -3.62. The number of halogens is 3. The van der Waals surface area contributed by atoms with E-state index in [1.165, 1.54) is 19.3 Å². The molecule has 0 unspecified atom stereocenters. The van der Waals surface area contributed by atoms with Crippen molar-refractivity contribution in [2.45, 2.75) is 49.5 Å². The van der Waals surface area contributed by atoms with Gasteiger partial charge < -0.3 is 20.8 Å². The predicted octanol–water partition coefficient (Wildman–Crippen LogP) is 4.07. The molecule has 4 heterocycles.